The molecule has 2 aromatic heterocycles. The minimum Gasteiger partial charge on any atom is -0.496 e. The Labute approximate surface area is 230 Å². The van der Waals surface area contributed by atoms with Gasteiger partial charge in [-0.05, 0) is 74.4 Å². The molecular weight excluding hydrogens is 526 g/mol. The maximum atomic E-state index is 14.6. The number of ether oxygens (including phenoxy) is 1. The first-order valence-electron chi connectivity index (χ1n) is 12.7. The van der Waals surface area contributed by atoms with Crippen molar-refractivity contribution >= 4 is 38.9 Å². The molecule has 0 aliphatic heterocycles. The van der Waals surface area contributed by atoms with Crippen LogP contribution in [0.3, 0.4) is 0 Å². The average molecular weight is 555 g/mol. The second kappa shape index (κ2) is 11.0. The van der Waals surface area contributed by atoms with E-state index in [0.717, 1.165) is 71.5 Å². The molecule has 0 unspecified atom stereocenters. The molecule has 0 N–H and O–H groups in total. The molecule has 0 bridgehead atoms. The van der Waals surface area contributed by atoms with Crippen molar-refractivity contribution in [1.29, 1.82) is 0 Å². The standard InChI is InChI=1S/C30H29ClF2N2O2S/c1-17-4-9-22(10-5-17)35(30(36)29-27(31)26-23(32)11-12-24(33)28(26)38-29)16-21-14-19(8-13-25(21)37-3)20-7-6-18(2)34-15-20/h6-8,11-15,17,22H,4-5,9-10,16H2,1-3H3. The van der Waals surface area contributed by atoms with Crippen LogP contribution in [-0.4, -0.2) is 28.9 Å². The summed E-state index contributed by atoms with van der Waals surface area (Å²) in [5.41, 5.74) is 3.69. The van der Waals surface area contributed by atoms with E-state index in [0.29, 0.717) is 11.7 Å². The van der Waals surface area contributed by atoms with E-state index >= 15 is 0 Å². The minimum atomic E-state index is -0.638. The van der Waals surface area contributed by atoms with Gasteiger partial charge in [-0.15, -0.1) is 11.3 Å². The Morgan fingerprint density at radius 3 is 2.45 bits per heavy atom. The van der Waals surface area contributed by atoms with E-state index < -0.39 is 11.6 Å². The zero-order valence-electron chi connectivity index (χ0n) is 21.6. The van der Waals surface area contributed by atoms with Gasteiger partial charge in [-0.25, -0.2) is 8.78 Å². The van der Waals surface area contributed by atoms with E-state index in [-0.39, 0.29) is 38.5 Å². The number of halogens is 3. The van der Waals surface area contributed by atoms with Crippen LogP contribution in [0.25, 0.3) is 21.2 Å². The van der Waals surface area contributed by atoms with E-state index in [1.807, 2.05) is 48.4 Å². The highest BCUT2D eigenvalue weighted by Gasteiger charge is 2.32. The number of methoxy groups -OCH3 is 1. The van der Waals surface area contributed by atoms with Crippen LogP contribution >= 0.6 is 22.9 Å². The van der Waals surface area contributed by atoms with Crippen LogP contribution in [0, 0.1) is 24.5 Å². The minimum absolute atomic E-state index is 0.0240. The highest BCUT2D eigenvalue weighted by atomic mass is 35.5. The third kappa shape index (κ3) is 5.14. The van der Waals surface area contributed by atoms with Gasteiger partial charge < -0.3 is 9.64 Å². The van der Waals surface area contributed by atoms with Gasteiger partial charge in [0.05, 0.1) is 22.2 Å². The van der Waals surface area contributed by atoms with Crippen molar-refractivity contribution in [3.8, 4) is 16.9 Å². The molecule has 4 aromatic rings. The summed E-state index contributed by atoms with van der Waals surface area (Å²) in [7, 11) is 1.61. The lowest BCUT2D eigenvalue weighted by molar-refractivity contribution is 0.0597. The van der Waals surface area contributed by atoms with Crippen LogP contribution in [0.5, 0.6) is 5.75 Å². The van der Waals surface area contributed by atoms with Crippen molar-refractivity contribution < 1.29 is 18.3 Å². The number of hydrogen-bond acceptors (Lipinski definition) is 4. The Morgan fingerprint density at radius 2 is 1.79 bits per heavy atom. The van der Waals surface area contributed by atoms with Crippen molar-refractivity contribution in [2.45, 2.75) is 52.1 Å². The van der Waals surface area contributed by atoms with Gasteiger partial charge in [0, 0.05) is 35.6 Å². The molecule has 1 aliphatic rings. The molecule has 0 saturated heterocycles. The van der Waals surface area contributed by atoms with E-state index in [9.17, 15) is 13.6 Å². The third-order valence-corrected chi connectivity index (χ3v) is 9.10. The van der Waals surface area contributed by atoms with Crippen LogP contribution in [-0.2, 0) is 6.54 Å². The quantitative estimate of drug-likeness (QED) is 0.240. The fourth-order valence-corrected chi connectivity index (χ4v) is 6.70. The topological polar surface area (TPSA) is 42.4 Å². The fraction of sp³-hybridized carbons (Fsp3) is 0.333. The second-order valence-electron chi connectivity index (χ2n) is 10.0. The van der Waals surface area contributed by atoms with Crippen LogP contribution in [0.15, 0.2) is 48.7 Å². The maximum absolute atomic E-state index is 14.6. The Balaban J connectivity index is 1.56. The largest absolute Gasteiger partial charge is 0.496 e. The summed E-state index contributed by atoms with van der Waals surface area (Å²) in [5, 5.41) is -0.0729. The zero-order valence-corrected chi connectivity index (χ0v) is 23.1. The van der Waals surface area contributed by atoms with Crippen molar-refractivity contribution in [2.75, 3.05) is 7.11 Å². The first-order valence-corrected chi connectivity index (χ1v) is 13.9. The molecule has 0 atom stereocenters. The van der Waals surface area contributed by atoms with Crippen LogP contribution < -0.4 is 4.74 Å². The number of hydrogen-bond donors (Lipinski definition) is 0. The highest BCUT2D eigenvalue weighted by Crippen LogP contribution is 2.41. The molecule has 0 radical (unpaired) electrons. The van der Waals surface area contributed by atoms with Gasteiger partial charge in [0.2, 0.25) is 0 Å². The van der Waals surface area contributed by atoms with Crippen molar-refractivity contribution in [1.82, 2.24) is 9.88 Å². The first-order chi connectivity index (χ1) is 18.3. The van der Waals surface area contributed by atoms with Crippen molar-refractivity contribution in [2.24, 2.45) is 5.92 Å². The Bertz CT molecular complexity index is 1480. The van der Waals surface area contributed by atoms with Gasteiger partial charge in [-0.3, -0.25) is 9.78 Å². The number of amides is 1. The van der Waals surface area contributed by atoms with Gasteiger partial charge in [0.25, 0.3) is 5.91 Å². The summed E-state index contributed by atoms with van der Waals surface area (Å²) >= 11 is 7.45. The molecule has 1 saturated carbocycles. The predicted octanol–water partition coefficient (Wildman–Crippen LogP) is 8.43. The number of carbonyl (C=O) groups excluding carboxylic acids is 1. The molecule has 4 nitrogen and oxygen atoms in total. The maximum Gasteiger partial charge on any atom is 0.266 e. The summed E-state index contributed by atoms with van der Waals surface area (Å²) in [4.78, 5) is 20.5. The van der Waals surface area contributed by atoms with Crippen molar-refractivity contribution in [3.63, 3.8) is 0 Å². The molecule has 1 aliphatic carbocycles. The summed E-state index contributed by atoms with van der Waals surface area (Å²) in [6.45, 7) is 4.44. The third-order valence-electron chi connectivity index (χ3n) is 7.43. The number of nitrogens with zero attached hydrogens (tertiary/aromatic N) is 2. The van der Waals surface area contributed by atoms with Crippen LogP contribution in [0.2, 0.25) is 5.02 Å². The van der Waals surface area contributed by atoms with E-state index in [2.05, 4.69) is 11.9 Å². The number of aryl methyl sites for hydroxylation is 1. The Kier molecular flexibility index (Phi) is 7.68. The monoisotopic (exact) mass is 554 g/mol. The smallest absolute Gasteiger partial charge is 0.266 e. The molecule has 2 aromatic carbocycles. The average Bonchev–Trinajstić information content (AvgIpc) is 3.28. The van der Waals surface area contributed by atoms with E-state index in [4.69, 9.17) is 16.3 Å². The first kappa shape index (κ1) is 26.6. The fourth-order valence-electron chi connectivity index (χ4n) is 5.19. The Morgan fingerprint density at radius 1 is 1.08 bits per heavy atom. The lowest BCUT2D eigenvalue weighted by Gasteiger charge is -2.36. The normalized spacial score (nSPS) is 17.5. The molecule has 1 fully saturated rings. The van der Waals surface area contributed by atoms with Gasteiger partial charge >= 0.3 is 0 Å². The molecule has 1 amide bonds. The molecule has 5 rings (SSSR count). The van der Waals surface area contributed by atoms with Crippen LogP contribution in [0.4, 0.5) is 8.78 Å². The zero-order chi connectivity index (χ0) is 27.0. The predicted molar refractivity (Wildman–Crippen MR) is 149 cm³/mol. The number of rotatable bonds is 6. The van der Waals surface area contributed by atoms with E-state index in [1.54, 1.807) is 7.11 Å². The lowest BCUT2D eigenvalue weighted by atomic mass is 9.86. The van der Waals surface area contributed by atoms with Crippen LogP contribution in [0.1, 0.15) is 53.5 Å². The second-order valence-corrected chi connectivity index (χ2v) is 11.4. The van der Waals surface area contributed by atoms with Gasteiger partial charge in [0.15, 0.2) is 0 Å². The molecule has 198 valence electrons. The molecule has 2 heterocycles. The summed E-state index contributed by atoms with van der Waals surface area (Å²) in [5.74, 6) is -0.298. The van der Waals surface area contributed by atoms with Crippen molar-refractivity contribution in [3.05, 3.63) is 81.5 Å². The van der Waals surface area contributed by atoms with Gasteiger partial charge in [-0.1, -0.05) is 30.7 Å². The molecular formula is C30H29ClF2N2O2S. The summed E-state index contributed by atoms with van der Waals surface area (Å²) in [6.07, 6.45) is 5.53. The lowest BCUT2D eigenvalue weighted by Crippen LogP contribution is -2.41. The highest BCUT2D eigenvalue weighted by molar-refractivity contribution is 7.21. The SMILES string of the molecule is COc1ccc(-c2ccc(C)nc2)cc1CN(C(=O)c1sc2c(F)ccc(F)c2c1Cl)C1CCC(C)CC1. The van der Waals surface area contributed by atoms with E-state index in [1.165, 1.54) is 0 Å². The summed E-state index contributed by atoms with van der Waals surface area (Å²) in [6, 6.07) is 11.9. The number of thiophene rings is 1. The number of pyridine rings is 1. The molecule has 8 heteroatoms. The van der Waals surface area contributed by atoms with Gasteiger partial charge in [-0.2, -0.15) is 0 Å². The number of aromatic nitrogens is 1. The Hall–Kier alpha value is -3.03. The number of fused-ring (bicyclic) bond motifs is 1. The number of carbonyl (C=O) groups is 1. The molecule has 0 spiro atoms. The molecule has 38 heavy (non-hydrogen) atoms. The summed E-state index contributed by atoms with van der Waals surface area (Å²) < 4.78 is 34.9. The van der Waals surface area contributed by atoms with Gasteiger partial charge in [0.1, 0.15) is 22.3 Å². The number of benzene rings is 2.